The number of benzene rings is 2. The second-order valence-corrected chi connectivity index (χ2v) is 10.3. The zero-order valence-electron chi connectivity index (χ0n) is 24.6. The molecule has 0 saturated heterocycles. The van der Waals surface area contributed by atoms with Crippen LogP contribution in [0.3, 0.4) is 0 Å². The van der Waals surface area contributed by atoms with Crippen molar-refractivity contribution in [3.63, 3.8) is 0 Å². The zero-order valence-corrected chi connectivity index (χ0v) is 24.6. The molecule has 0 amide bonds. The number of aromatic nitrogens is 1. The van der Waals surface area contributed by atoms with Crippen molar-refractivity contribution in [2.75, 3.05) is 32.8 Å². The molecule has 4 aromatic rings. The largest absolute Gasteiger partial charge is 0.493 e. The molecular formula is C35H42N2O4. The highest BCUT2D eigenvalue weighted by Crippen LogP contribution is 2.32. The van der Waals surface area contributed by atoms with E-state index in [0.29, 0.717) is 35.8 Å². The third kappa shape index (κ3) is 7.65. The Kier molecular flexibility index (Phi) is 11.1. The van der Waals surface area contributed by atoms with Gasteiger partial charge in [0, 0.05) is 23.8 Å². The lowest BCUT2D eigenvalue weighted by Gasteiger charge is -2.22. The van der Waals surface area contributed by atoms with E-state index in [2.05, 4.69) is 18.7 Å². The predicted molar refractivity (Wildman–Crippen MR) is 165 cm³/mol. The maximum Gasteiger partial charge on any atom is 0.338 e. The minimum atomic E-state index is -0.382. The van der Waals surface area contributed by atoms with Crippen molar-refractivity contribution in [1.29, 1.82) is 0 Å². The van der Waals surface area contributed by atoms with Crippen molar-refractivity contribution in [3.8, 4) is 16.9 Å². The van der Waals surface area contributed by atoms with Gasteiger partial charge in [-0.25, -0.2) is 4.79 Å². The molecule has 4 rings (SSSR count). The van der Waals surface area contributed by atoms with Crippen LogP contribution in [-0.2, 0) is 4.74 Å². The first-order chi connectivity index (χ1) is 20.1. The molecule has 0 atom stereocenters. The molecule has 0 unspecified atom stereocenters. The Labute approximate surface area is 243 Å². The summed E-state index contributed by atoms with van der Waals surface area (Å²) in [6, 6.07) is 22.7. The van der Waals surface area contributed by atoms with Gasteiger partial charge in [-0.1, -0.05) is 69.2 Å². The van der Waals surface area contributed by atoms with Crippen LogP contribution in [0.2, 0.25) is 0 Å². The molecule has 0 aliphatic heterocycles. The molecule has 0 spiro atoms. The molecule has 0 saturated carbocycles. The minimum Gasteiger partial charge on any atom is -0.493 e. The van der Waals surface area contributed by atoms with Crippen molar-refractivity contribution in [2.45, 2.75) is 52.9 Å². The summed E-state index contributed by atoms with van der Waals surface area (Å²) in [6.07, 6.45) is 7.47. The summed E-state index contributed by atoms with van der Waals surface area (Å²) in [7, 11) is 0. The number of pyridine rings is 1. The van der Waals surface area contributed by atoms with Gasteiger partial charge in [-0.15, -0.1) is 0 Å². The van der Waals surface area contributed by atoms with E-state index >= 15 is 0 Å². The van der Waals surface area contributed by atoms with Crippen molar-refractivity contribution in [2.24, 2.45) is 0 Å². The van der Waals surface area contributed by atoms with E-state index < -0.39 is 0 Å². The average molecular weight is 555 g/mol. The normalized spacial score (nSPS) is 11.2. The number of para-hydroxylation sites is 1. The topological polar surface area (TPSA) is 60.2 Å². The van der Waals surface area contributed by atoms with Crippen LogP contribution >= 0.6 is 0 Å². The maximum atomic E-state index is 14.2. The van der Waals surface area contributed by atoms with E-state index in [-0.39, 0.29) is 11.8 Å². The number of rotatable bonds is 16. The summed E-state index contributed by atoms with van der Waals surface area (Å²) in [6.45, 7) is 10.3. The highest BCUT2D eigenvalue weighted by molar-refractivity contribution is 6.14. The Hall–Kier alpha value is -3.90. The van der Waals surface area contributed by atoms with E-state index in [1.54, 1.807) is 25.3 Å². The van der Waals surface area contributed by atoms with Gasteiger partial charge in [0.15, 0.2) is 0 Å². The average Bonchev–Trinajstić information content (AvgIpc) is 3.39. The van der Waals surface area contributed by atoms with Crippen LogP contribution in [0.4, 0.5) is 0 Å². The van der Waals surface area contributed by atoms with E-state index in [9.17, 15) is 9.59 Å². The molecule has 0 N–H and O–H groups in total. The van der Waals surface area contributed by atoms with E-state index in [4.69, 9.17) is 9.47 Å². The molecule has 6 heteroatoms. The Bertz CT molecular complexity index is 1420. The Morgan fingerprint density at radius 3 is 2.20 bits per heavy atom. The first kappa shape index (κ1) is 30.1. The highest BCUT2D eigenvalue weighted by Gasteiger charge is 2.24. The number of esters is 1. The molecule has 2 aromatic carbocycles. The molecule has 2 heterocycles. The maximum absolute atomic E-state index is 14.2. The van der Waals surface area contributed by atoms with Gasteiger partial charge in [0.05, 0.1) is 24.3 Å². The molecule has 41 heavy (non-hydrogen) atoms. The summed E-state index contributed by atoms with van der Waals surface area (Å²) in [5.74, 6) is 0.0752. The fourth-order valence-corrected chi connectivity index (χ4v) is 5.07. The summed E-state index contributed by atoms with van der Waals surface area (Å²) < 4.78 is 13.3. The van der Waals surface area contributed by atoms with Crippen LogP contribution < -0.4 is 4.74 Å². The molecule has 2 aromatic heterocycles. The zero-order chi connectivity index (χ0) is 29.0. The van der Waals surface area contributed by atoms with Crippen molar-refractivity contribution in [1.82, 2.24) is 9.30 Å². The molecule has 0 aliphatic carbocycles. The van der Waals surface area contributed by atoms with Gasteiger partial charge in [-0.2, -0.15) is 0 Å². The van der Waals surface area contributed by atoms with Gasteiger partial charge in [-0.3, -0.25) is 4.79 Å². The standard InChI is InChI=1S/C35H42N2O4/c1-4-7-20-36(21-8-5-2)22-14-24-41-32-18-13-12-17-30(32)34(38)33-31(27-15-10-9-11-16-27)26-29-25-28(19-23-37(29)33)35(39)40-6-3/h9-13,15-19,23,25-26H,4-8,14,20-22,24H2,1-3H3. The fraction of sp³-hybridized carbons (Fsp3) is 0.371. The monoisotopic (exact) mass is 554 g/mol. The van der Waals surface area contributed by atoms with Gasteiger partial charge < -0.3 is 18.8 Å². The number of hydrogen-bond acceptors (Lipinski definition) is 5. The molecule has 216 valence electrons. The lowest BCUT2D eigenvalue weighted by atomic mass is 9.99. The van der Waals surface area contributed by atoms with Gasteiger partial charge in [0.25, 0.3) is 0 Å². The molecular weight excluding hydrogens is 512 g/mol. The summed E-state index contributed by atoms with van der Waals surface area (Å²) >= 11 is 0. The Morgan fingerprint density at radius 1 is 0.805 bits per heavy atom. The number of ketones is 1. The quantitative estimate of drug-likeness (QED) is 0.0807. The van der Waals surface area contributed by atoms with Gasteiger partial charge in [0.1, 0.15) is 11.4 Å². The smallest absolute Gasteiger partial charge is 0.338 e. The van der Waals surface area contributed by atoms with Crippen LogP contribution in [0.25, 0.3) is 16.6 Å². The lowest BCUT2D eigenvalue weighted by Crippen LogP contribution is -2.28. The van der Waals surface area contributed by atoms with E-state index in [1.165, 1.54) is 25.7 Å². The molecule has 0 radical (unpaired) electrons. The molecule has 0 aliphatic rings. The third-order valence-corrected chi connectivity index (χ3v) is 7.25. The van der Waals surface area contributed by atoms with Crippen LogP contribution in [0.15, 0.2) is 79.0 Å². The predicted octanol–water partition coefficient (Wildman–Crippen LogP) is 7.69. The number of nitrogens with zero attached hydrogens (tertiary/aromatic N) is 2. The highest BCUT2D eigenvalue weighted by atomic mass is 16.5. The van der Waals surface area contributed by atoms with Crippen LogP contribution in [0, 0.1) is 0 Å². The second-order valence-electron chi connectivity index (χ2n) is 10.3. The molecule has 0 fully saturated rings. The Balaban J connectivity index is 1.61. The molecule has 0 bridgehead atoms. The van der Waals surface area contributed by atoms with Gasteiger partial charge in [-0.05, 0) is 75.2 Å². The van der Waals surface area contributed by atoms with E-state index in [1.807, 2.05) is 65.1 Å². The van der Waals surface area contributed by atoms with Gasteiger partial charge >= 0.3 is 5.97 Å². The van der Waals surface area contributed by atoms with E-state index in [0.717, 1.165) is 42.7 Å². The third-order valence-electron chi connectivity index (χ3n) is 7.25. The first-order valence-electron chi connectivity index (χ1n) is 14.9. The summed E-state index contributed by atoms with van der Waals surface area (Å²) in [5.41, 5.74) is 3.97. The minimum absolute atomic E-state index is 0.129. The number of unbranched alkanes of at least 4 members (excludes halogenated alkanes) is 2. The first-order valence-corrected chi connectivity index (χ1v) is 14.9. The second kappa shape index (κ2) is 15.2. The van der Waals surface area contributed by atoms with Crippen molar-refractivity contribution < 1.29 is 19.1 Å². The number of hydrogen-bond donors (Lipinski definition) is 0. The van der Waals surface area contributed by atoms with Crippen LogP contribution in [0.5, 0.6) is 5.75 Å². The number of carbonyl (C=O) groups excluding carboxylic acids is 2. The Morgan fingerprint density at radius 2 is 1.49 bits per heavy atom. The molecule has 6 nitrogen and oxygen atoms in total. The van der Waals surface area contributed by atoms with Gasteiger partial charge in [0.2, 0.25) is 5.78 Å². The summed E-state index contributed by atoms with van der Waals surface area (Å²) in [4.78, 5) is 29.2. The SMILES string of the molecule is CCCCN(CCCC)CCCOc1ccccc1C(=O)c1c(-c2ccccc2)cc2cc(C(=O)OCC)ccn12. The van der Waals surface area contributed by atoms with Crippen LogP contribution in [-0.4, -0.2) is 53.9 Å². The number of carbonyl (C=O) groups is 2. The van der Waals surface area contributed by atoms with Crippen LogP contribution in [0.1, 0.15) is 79.3 Å². The lowest BCUT2D eigenvalue weighted by molar-refractivity contribution is 0.0526. The summed E-state index contributed by atoms with van der Waals surface area (Å²) in [5, 5.41) is 0. The number of ether oxygens (including phenoxy) is 2. The van der Waals surface area contributed by atoms with Crippen molar-refractivity contribution >= 4 is 17.3 Å². The van der Waals surface area contributed by atoms with Crippen molar-refractivity contribution in [3.05, 3.63) is 95.8 Å². The fourth-order valence-electron chi connectivity index (χ4n) is 5.07. The number of fused-ring (bicyclic) bond motifs is 1.